The molecule has 2 aromatic carbocycles. The first-order valence-electron chi connectivity index (χ1n) is 10.6. The zero-order chi connectivity index (χ0) is 21.8. The first-order chi connectivity index (χ1) is 14.2. The summed E-state index contributed by atoms with van der Waals surface area (Å²) in [6, 6.07) is 14.4. The maximum atomic E-state index is 13.2. The quantitative estimate of drug-likeness (QED) is 0.535. The molecular formula is C25H31ClFNO2. The topological polar surface area (TPSA) is 29.5 Å². The Labute approximate surface area is 184 Å². The minimum atomic E-state index is -0.267. The van der Waals surface area contributed by atoms with Gasteiger partial charge in [-0.05, 0) is 74.3 Å². The molecule has 3 rings (SSSR count). The van der Waals surface area contributed by atoms with Crippen molar-refractivity contribution >= 4 is 17.5 Å². The van der Waals surface area contributed by atoms with Crippen LogP contribution in [0.25, 0.3) is 0 Å². The zero-order valence-electron chi connectivity index (χ0n) is 18.1. The maximum Gasteiger partial charge on any atom is 0.219 e. The third kappa shape index (κ3) is 6.05. The number of amides is 1. The zero-order valence-corrected chi connectivity index (χ0v) is 18.8. The SMILES string of the molecule is CC(=O)N(CCC1(Cc2ccccc2Cl)CCOC(C)(C)C1)Cc1ccc(F)cc1. The Balaban J connectivity index is 1.78. The van der Waals surface area contributed by atoms with Gasteiger partial charge in [-0.1, -0.05) is 41.9 Å². The average Bonchev–Trinajstić information content (AvgIpc) is 2.67. The molecule has 1 heterocycles. The van der Waals surface area contributed by atoms with Gasteiger partial charge in [0.25, 0.3) is 0 Å². The van der Waals surface area contributed by atoms with E-state index in [2.05, 4.69) is 19.9 Å². The van der Waals surface area contributed by atoms with Gasteiger partial charge in [-0.3, -0.25) is 4.79 Å². The third-order valence-corrected chi connectivity index (χ3v) is 6.46. The molecule has 1 aliphatic heterocycles. The van der Waals surface area contributed by atoms with Gasteiger partial charge in [-0.15, -0.1) is 0 Å². The van der Waals surface area contributed by atoms with Crippen molar-refractivity contribution < 1.29 is 13.9 Å². The molecule has 1 saturated heterocycles. The first kappa shape index (κ1) is 22.8. The highest BCUT2D eigenvalue weighted by molar-refractivity contribution is 6.31. The molecule has 5 heteroatoms. The van der Waals surface area contributed by atoms with E-state index in [0.29, 0.717) is 19.7 Å². The van der Waals surface area contributed by atoms with Crippen molar-refractivity contribution in [2.24, 2.45) is 5.41 Å². The van der Waals surface area contributed by atoms with Crippen LogP contribution in [0.5, 0.6) is 0 Å². The predicted molar refractivity (Wildman–Crippen MR) is 119 cm³/mol. The molecule has 162 valence electrons. The van der Waals surface area contributed by atoms with E-state index in [1.807, 2.05) is 23.1 Å². The molecule has 1 atom stereocenters. The summed E-state index contributed by atoms with van der Waals surface area (Å²) < 4.78 is 19.2. The molecule has 1 fully saturated rings. The van der Waals surface area contributed by atoms with Crippen LogP contribution in [0.2, 0.25) is 5.02 Å². The molecule has 0 N–H and O–H groups in total. The highest BCUT2D eigenvalue weighted by atomic mass is 35.5. The summed E-state index contributed by atoms with van der Waals surface area (Å²) in [5, 5.41) is 0.788. The van der Waals surface area contributed by atoms with Gasteiger partial charge in [0.2, 0.25) is 5.91 Å². The Morgan fingerprint density at radius 3 is 2.50 bits per heavy atom. The fourth-order valence-electron chi connectivity index (χ4n) is 4.61. The van der Waals surface area contributed by atoms with Gasteiger partial charge in [-0.25, -0.2) is 4.39 Å². The summed E-state index contributed by atoms with van der Waals surface area (Å²) in [5.41, 5.74) is 1.87. The van der Waals surface area contributed by atoms with E-state index in [9.17, 15) is 9.18 Å². The van der Waals surface area contributed by atoms with Crippen molar-refractivity contribution in [1.29, 1.82) is 0 Å². The van der Waals surface area contributed by atoms with Crippen molar-refractivity contribution in [2.75, 3.05) is 13.2 Å². The second-order valence-electron chi connectivity index (χ2n) is 9.12. The molecule has 0 radical (unpaired) electrons. The van der Waals surface area contributed by atoms with Crippen molar-refractivity contribution in [1.82, 2.24) is 4.90 Å². The summed E-state index contributed by atoms with van der Waals surface area (Å²) in [7, 11) is 0. The highest BCUT2D eigenvalue weighted by Crippen LogP contribution is 2.45. The molecule has 0 aliphatic carbocycles. The lowest BCUT2D eigenvalue weighted by atomic mass is 9.68. The molecule has 3 nitrogen and oxygen atoms in total. The lowest BCUT2D eigenvalue weighted by molar-refractivity contribution is -0.131. The van der Waals surface area contributed by atoms with Crippen LogP contribution in [0, 0.1) is 11.2 Å². The molecule has 0 spiro atoms. The number of hydrogen-bond donors (Lipinski definition) is 0. The van der Waals surface area contributed by atoms with E-state index in [-0.39, 0.29) is 22.7 Å². The van der Waals surface area contributed by atoms with Gasteiger partial charge in [0.15, 0.2) is 0 Å². The van der Waals surface area contributed by atoms with Crippen LogP contribution >= 0.6 is 11.6 Å². The van der Waals surface area contributed by atoms with Crippen LogP contribution in [-0.4, -0.2) is 29.6 Å². The largest absolute Gasteiger partial charge is 0.376 e. The lowest BCUT2D eigenvalue weighted by Crippen LogP contribution is -2.44. The van der Waals surface area contributed by atoms with E-state index in [4.69, 9.17) is 16.3 Å². The standard InChI is InChI=1S/C25H31ClFNO2/c1-19(29)28(17-20-8-10-22(27)11-9-20)14-12-25(13-15-30-24(2,3)18-25)16-21-6-4-5-7-23(21)26/h4-11H,12-18H2,1-3H3. The molecule has 1 aliphatic rings. The van der Waals surface area contributed by atoms with Gasteiger partial charge in [-0.2, -0.15) is 0 Å². The molecule has 0 saturated carbocycles. The smallest absolute Gasteiger partial charge is 0.219 e. The number of halogens is 2. The van der Waals surface area contributed by atoms with Gasteiger partial charge in [0, 0.05) is 31.6 Å². The minimum Gasteiger partial charge on any atom is -0.376 e. The number of benzene rings is 2. The summed E-state index contributed by atoms with van der Waals surface area (Å²) in [6.07, 6.45) is 3.57. The van der Waals surface area contributed by atoms with Gasteiger partial charge in [0.1, 0.15) is 5.82 Å². The molecule has 0 bridgehead atoms. The van der Waals surface area contributed by atoms with Crippen LogP contribution in [0.3, 0.4) is 0 Å². The van der Waals surface area contributed by atoms with E-state index >= 15 is 0 Å². The molecular weight excluding hydrogens is 401 g/mol. The van der Waals surface area contributed by atoms with Crippen molar-refractivity contribution in [3.8, 4) is 0 Å². The lowest BCUT2D eigenvalue weighted by Gasteiger charge is -2.46. The van der Waals surface area contributed by atoms with Crippen molar-refractivity contribution in [3.63, 3.8) is 0 Å². The van der Waals surface area contributed by atoms with Crippen molar-refractivity contribution in [2.45, 2.75) is 58.6 Å². The fraction of sp³-hybridized carbons (Fsp3) is 0.480. The number of carbonyl (C=O) groups excluding carboxylic acids is 1. The molecule has 1 amide bonds. The van der Waals surface area contributed by atoms with Gasteiger partial charge >= 0.3 is 0 Å². The van der Waals surface area contributed by atoms with E-state index in [1.165, 1.54) is 12.1 Å². The number of nitrogens with zero attached hydrogens (tertiary/aromatic N) is 1. The van der Waals surface area contributed by atoms with Crippen molar-refractivity contribution in [3.05, 3.63) is 70.5 Å². The second kappa shape index (κ2) is 9.49. The monoisotopic (exact) mass is 431 g/mol. The first-order valence-corrected chi connectivity index (χ1v) is 10.9. The molecule has 30 heavy (non-hydrogen) atoms. The fourth-order valence-corrected chi connectivity index (χ4v) is 4.82. The minimum absolute atomic E-state index is 0.00321. The van der Waals surface area contributed by atoms with Crippen LogP contribution in [0.1, 0.15) is 51.2 Å². The van der Waals surface area contributed by atoms with Crippen LogP contribution in [-0.2, 0) is 22.5 Å². The highest BCUT2D eigenvalue weighted by Gasteiger charge is 2.41. The second-order valence-corrected chi connectivity index (χ2v) is 9.53. The molecule has 2 aromatic rings. The van der Waals surface area contributed by atoms with E-state index in [0.717, 1.165) is 41.8 Å². The molecule has 0 aromatic heterocycles. The summed E-state index contributed by atoms with van der Waals surface area (Å²) in [6.45, 7) is 7.70. The summed E-state index contributed by atoms with van der Waals surface area (Å²) >= 11 is 6.48. The Morgan fingerprint density at radius 2 is 1.87 bits per heavy atom. The Hall–Kier alpha value is -1.91. The Kier molecular flexibility index (Phi) is 7.20. The van der Waals surface area contributed by atoms with Gasteiger partial charge < -0.3 is 9.64 Å². The number of carbonyl (C=O) groups is 1. The number of ether oxygens (including phenoxy) is 1. The summed E-state index contributed by atoms with van der Waals surface area (Å²) in [4.78, 5) is 14.2. The predicted octanol–water partition coefficient (Wildman–Crippen LogP) is 6.04. The van der Waals surface area contributed by atoms with Crippen LogP contribution < -0.4 is 0 Å². The Morgan fingerprint density at radius 1 is 1.17 bits per heavy atom. The number of hydrogen-bond acceptors (Lipinski definition) is 2. The molecule has 1 unspecified atom stereocenters. The Bertz CT molecular complexity index is 868. The normalized spacial score (nSPS) is 20.7. The van der Waals surface area contributed by atoms with Gasteiger partial charge in [0.05, 0.1) is 5.60 Å². The van der Waals surface area contributed by atoms with Crippen LogP contribution in [0.15, 0.2) is 48.5 Å². The van der Waals surface area contributed by atoms with E-state index in [1.54, 1.807) is 19.1 Å². The van der Waals surface area contributed by atoms with Crippen LogP contribution in [0.4, 0.5) is 4.39 Å². The number of rotatable bonds is 7. The maximum absolute atomic E-state index is 13.2. The van der Waals surface area contributed by atoms with E-state index < -0.39 is 0 Å². The summed E-state index contributed by atoms with van der Waals surface area (Å²) in [5.74, 6) is -0.241. The third-order valence-electron chi connectivity index (χ3n) is 6.09. The average molecular weight is 432 g/mol.